The fourth-order valence-corrected chi connectivity index (χ4v) is 2.66. The summed E-state index contributed by atoms with van der Waals surface area (Å²) < 4.78 is 1.98. The fraction of sp³-hybridized carbons (Fsp3) is 0.158. The van der Waals surface area contributed by atoms with Crippen LogP contribution >= 0.6 is 0 Å². The maximum atomic E-state index is 11.4. The Labute approximate surface area is 150 Å². The van der Waals surface area contributed by atoms with E-state index in [2.05, 4.69) is 10.3 Å². The molecular weight excluding hydrogens is 332 g/mol. The van der Waals surface area contributed by atoms with Gasteiger partial charge in [0.2, 0.25) is 0 Å². The Bertz CT molecular complexity index is 935. The number of nitrogens with zero attached hydrogens (tertiary/aromatic N) is 3. The minimum absolute atomic E-state index is 0.126. The first-order chi connectivity index (χ1) is 12.5. The van der Waals surface area contributed by atoms with Crippen LogP contribution in [0.5, 0.6) is 0 Å². The number of anilines is 1. The van der Waals surface area contributed by atoms with Crippen LogP contribution in [0.1, 0.15) is 28.7 Å². The molecule has 7 heteroatoms. The van der Waals surface area contributed by atoms with E-state index in [-0.39, 0.29) is 11.5 Å². The van der Waals surface area contributed by atoms with Gasteiger partial charge in [-0.2, -0.15) is 0 Å². The van der Waals surface area contributed by atoms with Gasteiger partial charge >= 0.3 is 0 Å². The molecule has 0 saturated carbocycles. The standard InChI is InChI=1S/C19H18N4O3/c1-14(24)16-7-8-17(18(11-16)23(25)26)21-12-19-20-9-10-22(19)13-15-5-3-2-4-6-15/h2-11,21H,12-13H2,1H3. The van der Waals surface area contributed by atoms with Crippen molar-refractivity contribution < 1.29 is 9.72 Å². The summed E-state index contributed by atoms with van der Waals surface area (Å²) in [7, 11) is 0. The smallest absolute Gasteiger partial charge is 0.293 e. The largest absolute Gasteiger partial charge is 0.372 e. The molecule has 26 heavy (non-hydrogen) atoms. The summed E-state index contributed by atoms with van der Waals surface area (Å²) >= 11 is 0. The minimum atomic E-state index is -0.495. The Balaban J connectivity index is 1.77. The number of hydrogen-bond acceptors (Lipinski definition) is 5. The van der Waals surface area contributed by atoms with E-state index in [1.165, 1.54) is 13.0 Å². The zero-order valence-electron chi connectivity index (χ0n) is 14.3. The highest BCUT2D eigenvalue weighted by atomic mass is 16.6. The predicted molar refractivity (Wildman–Crippen MR) is 98.2 cm³/mol. The van der Waals surface area contributed by atoms with E-state index in [0.29, 0.717) is 24.3 Å². The summed E-state index contributed by atoms with van der Waals surface area (Å²) in [5.74, 6) is 0.553. The summed E-state index contributed by atoms with van der Waals surface area (Å²) in [5, 5.41) is 14.4. The summed E-state index contributed by atoms with van der Waals surface area (Å²) in [6, 6.07) is 14.4. The van der Waals surface area contributed by atoms with Crippen LogP contribution in [0, 0.1) is 10.1 Å². The van der Waals surface area contributed by atoms with Crippen molar-refractivity contribution in [3.05, 3.63) is 88.0 Å². The number of nitro benzene ring substituents is 1. The molecule has 1 N–H and O–H groups in total. The van der Waals surface area contributed by atoms with Gasteiger partial charge in [-0.3, -0.25) is 14.9 Å². The van der Waals surface area contributed by atoms with Gasteiger partial charge in [-0.15, -0.1) is 0 Å². The Morgan fingerprint density at radius 1 is 1.23 bits per heavy atom. The summed E-state index contributed by atoms with van der Waals surface area (Å²) in [4.78, 5) is 26.6. The predicted octanol–water partition coefficient (Wildman–Crippen LogP) is 3.65. The van der Waals surface area contributed by atoms with Gasteiger partial charge in [0.25, 0.3) is 5.69 Å². The van der Waals surface area contributed by atoms with Crippen molar-refractivity contribution in [1.82, 2.24) is 9.55 Å². The van der Waals surface area contributed by atoms with Crippen LogP contribution in [0.3, 0.4) is 0 Å². The number of nitrogens with one attached hydrogen (secondary N) is 1. The van der Waals surface area contributed by atoms with Gasteiger partial charge in [-0.05, 0) is 24.6 Å². The quantitative estimate of drug-likeness (QED) is 0.399. The number of Topliss-reactive ketones (excluding diaryl/α,β-unsaturated/α-hetero) is 1. The number of aromatic nitrogens is 2. The Hall–Kier alpha value is -3.48. The number of hydrogen-bond donors (Lipinski definition) is 1. The third-order valence-corrected chi connectivity index (χ3v) is 4.04. The number of carbonyl (C=O) groups excluding carboxylic acids is 1. The van der Waals surface area contributed by atoms with Crippen molar-refractivity contribution in [2.45, 2.75) is 20.0 Å². The van der Waals surface area contributed by atoms with Gasteiger partial charge in [-0.25, -0.2) is 4.98 Å². The molecule has 7 nitrogen and oxygen atoms in total. The van der Waals surface area contributed by atoms with Crippen molar-refractivity contribution in [3.8, 4) is 0 Å². The van der Waals surface area contributed by atoms with E-state index < -0.39 is 4.92 Å². The minimum Gasteiger partial charge on any atom is -0.372 e. The Kier molecular flexibility index (Phi) is 5.07. The zero-order chi connectivity index (χ0) is 18.5. The normalized spacial score (nSPS) is 10.5. The molecule has 0 aliphatic carbocycles. The van der Waals surface area contributed by atoms with Gasteiger partial charge in [0.1, 0.15) is 11.5 Å². The van der Waals surface area contributed by atoms with Crippen LogP contribution in [0.2, 0.25) is 0 Å². The summed E-state index contributed by atoms with van der Waals surface area (Å²) in [6.07, 6.45) is 3.57. The molecule has 0 atom stereocenters. The molecule has 1 heterocycles. The van der Waals surface area contributed by atoms with E-state index >= 15 is 0 Å². The van der Waals surface area contributed by atoms with E-state index in [9.17, 15) is 14.9 Å². The zero-order valence-corrected chi connectivity index (χ0v) is 14.3. The third kappa shape index (κ3) is 3.94. The van der Waals surface area contributed by atoms with Crippen molar-refractivity contribution in [3.63, 3.8) is 0 Å². The number of carbonyl (C=O) groups is 1. The van der Waals surface area contributed by atoms with Crippen molar-refractivity contribution in [2.75, 3.05) is 5.32 Å². The molecule has 0 fully saturated rings. The molecule has 0 unspecified atom stereocenters. The van der Waals surface area contributed by atoms with Gasteiger partial charge in [0.05, 0.1) is 11.5 Å². The maximum Gasteiger partial charge on any atom is 0.293 e. The van der Waals surface area contributed by atoms with E-state index in [4.69, 9.17) is 0 Å². The van der Waals surface area contributed by atoms with Gasteiger partial charge in [-0.1, -0.05) is 30.3 Å². The van der Waals surface area contributed by atoms with Crippen LogP contribution < -0.4 is 5.32 Å². The Morgan fingerprint density at radius 3 is 2.69 bits per heavy atom. The van der Waals surface area contributed by atoms with Crippen molar-refractivity contribution in [1.29, 1.82) is 0 Å². The summed E-state index contributed by atoms with van der Waals surface area (Å²) in [6.45, 7) is 2.38. The van der Waals surface area contributed by atoms with E-state index in [1.54, 1.807) is 18.3 Å². The second-order valence-electron chi connectivity index (χ2n) is 5.86. The van der Waals surface area contributed by atoms with Crippen molar-refractivity contribution >= 4 is 17.2 Å². The molecule has 132 valence electrons. The lowest BCUT2D eigenvalue weighted by Crippen LogP contribution is -2.10. The van der Waals surface area contributed by atoms with E-state index in [0.717, 1.165) is 11.4 Å². The first-order valence-electron chi connectivity index (χ1n) is 8.12. The monoisotopic (exact) mass is 350 g/mol. The first-order valence-corrected chi connectivity index (χ1v) is 8.12. The Morgan fingerprint density at radius 2 is 2.00 bits per heavy atom. The number of nitro groups is 1. The van der Waals surface area contributed by atoms with Crippen LogP contribution in [0.25, 0.3) is 0 Å². The topological polar surface area (TPSA) is 90.1 Å². The second-order valence-corrected chi connectivity index (χ2v) is 5.86. The van der Waals surface area contributed by atoms with Crippen LogP contribution in [0.4, 0.5) is 11.4 Å². The molecule has 0 spiro atoms. The van der Waals surface area contributed by atoms with Gasteiger partial charge < -0.3 is 9.88 Å². The highest BCUT2D eigenvalue weighted by molar-refractivity contribution is 5.95. The lowest BCUT2D eigenvalue weighted by molar-refractivity contribution is -0.384. The highest BCUT2D eigenvalue weighted by Gasteiger charge is 2.16. The molecule has 0 saturated heterocycles. The molecular formula is C19H18N4O3. The molecule has 0 amide bonds. The molecule has 0 aliphatic rings. The highest BCUT2D eigenvalue weighted by Crippen LogP contribution is 2.26. The molecule has 0 bridgehead atoms. The van der Waals surface area contributed by atoms with Crippen LogP contribution in [0.15, 0.2) is 60.9 Å². The van der Waals surface area contributed by atoms with Gasteiger partial charge in [0, 0.05) is 30.6 Å². The number of benzene rings is 2. The molecule has 2 aromatic carbocycles. The number of rotatable bonds is 7. The average molecular weight is 350 g/mol. The van der Waals surface area contributed by atoms with Crippen LogP contribution in [-0.2, 0) is 13.1 Å². The fourth-order valence-electron chi connectivity index (χ4n) is 2.66. The lowest BCUT2D eigenvalue weighted by atomic mass is 10.1. The second kappa shape index (κ2) is 7.60. The molecule has 3 rings (SSSR count). The lowest BCUT2D eigenvalue weighted by Gasteiger charge is -2.11. The molecule has 1 aromatic heterocycles. The first kappa shape index (κ1) is 17.3. The van der Waals surface area contributed by atoms with Gasteiger partial charge in [0.15, 0.2) is 5.78 Å². The van der Waals surface area contributed by atoms with E-state index in [1.807, 2.05) is 41.1 Å². The molecule has 0 aliphatic heterocycles. The summed E-state index contributed by atoms with van der Waals surface area (Å²) in [5.41, 5.74) is 1.68. The molecule has 3 aromatic rings. The maximum absolute atomic E-state index is 11.4. The van der Waals surface area contributed by atoms with Crippen molar-refractivity contribution in [2.24, 2.45) is 0 Å². The number of imidazole rings is 1. The number of ketones is 1. The SMILES string of the molecule is CC(=O)c1ccc(NCc2nccn2Cc2ccccc2)c([N+](=O)[O-])c1. The average Bonchev–Trinajstić information content (AvgIpc) is 3.07. The molecule has 0 radical (unpaired) electrons. The van der Waals surface area contributed by atoms with Crippen LogP contribution in [-0.4, -0.2) is 20.3 Å². The third-order valence-electron chi connectivity index (χ3n) is 4.04.